The van der Waals surface area contributed by atoms with Gasteiger partial charge in [-0.15, -0.1) is 0 Å². The predicted molar refractivity (Wildman–Crippen MR) is 110 cm³/mol. The summed E-state index contributed by atoms with van der Waals surface area (Å²) in [6, 6.07) is 4.73. The van der Waals surface area contributed by atoms with Crippen LogP contribution in [0.15, 0.2) is 41.7 Å². The van der Waals surface area contributed by atoms with Crippen LogP contribution in [-0.2, 0) is 12.7 Å². The molecule has 0 saturated carbocycles. The van der Waals surface area contributed by atoms with Gasteiger partial charge in [-0.1, -0.05) is 31.6 Å². The topological polar surface area (TPSA) is 56.5 Å². The molecule has 0 saturated heterocycles. The Balaban J connectivity index is 2.11. The highest BCUT2D eigenvalue weighted by molar-refractivity contribution is 7.16. The van der Waals surface area contributed by atoms with Gasteiger partial charge in [-0.05, 0) is 37.1 Å². The minimum atomic E-state index is -4.57. The van der Waals surface area contributed by atoms with Gasteiger partial charge in [0.25, 0.3) is 5.91 Å². The Morgan fingerprint density at radius 2 is 2.03 bits per heavy atom. The molecule has 1 amide bonds. The Morgan fingerprint density at radius 1 is 1.23 bits per heavy atom. The van der Waals surface area contributed by atoms with Crippen molar-refractivity contribution in [2.45, 2.75) is 45.8 Å². The Bertz CT molecular complexity index is 1100. The standard InChI is InChI=1S/C21H22F3N3O2S/c1-3-5-10-27-16-13-25-9-8-18(16)30-20(27)26-19(28)15-12-14(21(22,23)24)6-7-17(15)29-11-4-2/h6-9,12-13H,3-5,10-11H2,1-2H3. The lowest BCUT2D eigenvalue weighted by atomic mass is 10.1. The Labute approximate surface area is 175 Å². The summed E-state index contributed by atoms with van der Waals surface area (Å²) in [5.74, 6) is -0.668. The van der Waals surface area contributed by atoms with Crippen molar-refractivity contribution in [3.05, 3.63) is 52.6 Å². The van der Waals surface area contributed by atoms with Crippen molar-refractivity contribution < 1.29 is 22.7 Å². The number of halogens is 3. The van der Waals surface area contributed by atoms with Crippen LogP contribution in [0.1, 0.15) is 49.0 Å². The molecule has 9 heteroatoms. The Hall–Kier alpha value is -2.68. The van der Waals surface area contributed by atoms with Gasteiger partial charge < -0.3 is 9.30 Å². The maximum Gasteiger partial charge on any atom is 0.416 e. The molecule has 0 N–H and O–H groups in total. The number of benzene rings is 1. The van der Waals surface area contributed by atoms with Crippen molar-refractivity contribution in [3.8, 4) is 5.75 Å². The number of amides is 1. The van der Waals surface area contributed by atoms with Crippen LogP contribution in [0.25, 0.3) is 10.2 Å². The van der Waals surface area contributed by atoms with Gasteiger partial charge in [0.2, 0.25) is 0 Å². The van der Waals surface area contributed by atoms with Crippen LogP contribution >= 0.6 is 11.3 Å². The van der Waals surface area contributed by atoms with Gasteiger partial charge in [-0.2, -0.15) is 18.2 Å². The molecule has 3 aromatic rings. The number of thiazole rings is 1. The normalized spacial score (nSPS) is 12.5. The summed E-state index contributed by atoms with van der Waals surface area (Å²) in [5.41, 5.74) is -0.269. The number of hydrogen-bond donors (Lipinski definition) is 0. The first-order valence-corrected chi connectivity index (χ1v) is 10.5. The van der Waals surface area contributed by atoms with Crippen molar-refractivity contribution >= 4 is 27.5 Å². The van der Waals surface area contributed by atoms with E-state index >= 15 is 0 Å². The molecule has 0 bridgehead atoms. The highest BCUT2D eigenvalue weighted by Crippen LogP contribution is 2.33. The van der Waals surface area contributed by atoms with E-state index in [9.17, 15) is 18.0 Å². The molecule has 0 aliphatic carbocycles. The van der Waals surface area contributed by atoms with Crippen LogP contribution in [0.3, 0.4) is 0 Å². The molecule has 30 heavy (non-hydrogen) atoms. The number of carbonyl (C=O) groups excluding carboxylic acids is 1. The Morgan fingerprint density at radius 3 is 2.73 bits per heavy atom. The second-order valence-corrected chi connectivity index (χ2v) is 7.72. The fraction of sp³-hybridized carbons (Fsp3) is 0.381. The molecule has 0 aliphatic heterocycles. The molecule has 1 aromatic carbocycles. The van der Waals surface area contributed by atoms with Crippen LogP contribution in [0.4, 0.5) is 13.2 Å². The van der Waals surface area contributed by atoms with E-state index in [0.717, 1.165) is 35.2 Å². The van der Waals surface area contributed by atoms with E-state index in [2.05, 4.69) is 16.9 Å². The number of aryl methyl sites for hydroxylation is 1. The van der Waals surface area contributed by atoms with Crippen LogP contribution in [0.2, 0.25) is 0 Å². The van der Waals surface area contributed by atoms with Crippen LogP contribution in [0, 0.1) is 0 Å². The number of alkyl halides is 3. The molecule has 0 radical (unpaired) electrons. The van der Waals surface area contributed by atoms with Gasteiger partial charge in [-0.3, -0.25) is 9.78 Å². The number of carbonyl (C=O) groups is 1. The second-order valence-electron chi connectivity index (χ2n) is 6.71. The fourth-order valence-electron chi connectivity index (χ4n) is 2.89. The number of unbranched alkanes of at least 4 members (excludes halogenated alkanes) is 1. The first-order valence-electron chi connectivity index (χ1n) is 9.71. The number of fused-ring (bicyclic) bond motifs is 1. The molecule has 0 aliphatic rings. The number of ether oxygens (including phenoxy) is 1. The summed E-state index contributed by atoms with van der Waals surface area (Å²) >= 11 is 1.30. The third-order valence-electron chi connectivity index (χ3n) is 4.42. The smallest absolute Gasteiger partial charge is 0.416 e. The van der Waals surface area contributed by atoms with E-state index in [4.69, 9.17) is 4.74 Å². The zero-order chi connectivity index (χ0) is 21.7. The van der Waals surface area contributed by atoms with Crippen LogP contribution in [-0.4, -0.2) is 22.1 Å². The minimum Gasteiger partial charge on any atom is -0.493 e. The van der Waals surface area contributed by atoms with Crippen molar-refractivity contribution in [1.82, 2.24) is 9.55 Å². The Kier molecular flexibility index (Phi) is 6.91. The van der Waals surface area contributed by atoms with E-state index in [1.54, 1.807) is 12.4 Å². The van der Waals surface area contributed by atoms with E-state index < -0.39 is 17.6 Å². The third kappa shape index (κ3) is 4.89. The van der Waals surface area contributed by atoms with Crippen molar-refractivity contribution in [3.63, 3.8) is 0 Å². The molecule has 5 nitrogen and oxygen atoms in total. The number of aromatic nitrogens is 2. The molecule has 3 rings (SSSR count). The van der Waals surface area contributed by atoms with E-state index in [1.807, 2.05) is 17.6 Å². The van der Waals surface area contributed by atoms with E-state index in [1.165, 1.54) is 17.4 Å². The quantitative estimate of drug-likeness (QED) is 0.494. The van der Waals surface area contributed by atoms with Crippen molar-refractivity contribution in [2.75, 3.05) is 6.61 Å². The molecule has 2 aromatic heterocycles. The fourth-order valence-corrected chi connectivity index (χ4v) is 3.91. The maximum absolute atomic E-state index is 13.2. The monoisotopic (exact) mass is 437 g/mol. The van der Waals surface area contributed by atoms with E-state index in [-0.39, 0.29) is 17.9 Å². The summed E-state index contributed by atoms with van der Waals surface area (Å²) in [4.78, 5) is 21.7. The van der Waals surface area contributed by atoms with Gasteiger partial charge >= 0.3 is 6.18 Å². The average Bonchev–Trinajstić information content (AvgIpc) is 3.06. The summed E-state index contributed by atoms with van der Waals surface area (Å²) in [7, 11) is 0. The molecule has 2 heterocycles. The SMILES string of the molecule is CCCCn1c(=NC(=O)c2cc(C(F)(F)F)ccc2OCCC)sc2ccncc21. The lowest BCUT2D eigenvalue weighted by Gasteiger charge is -2.12. The highest BCUT2D eigenvalue weighted by atomic mass is 32.1. The third-order valence-corrected chi connectivity index (χ3v) is 5.48. The zero-order valence-electron chi connectivity index (χ0n) is 16.7. The van der Waals surface area contributed by atoms with Crippen LogP contribution in [0.5, 0.6) is 5.75 Å². The minimum absolute atomic E-state index is 0.0986. The number of rotatable bonds is 7. The van der Waals surface area contributed by atoms with Gasteiger partial charge in [0.15, 0.2) is 4.80 Å². The lowest BCUT2D eigenvalue weighted by Crippen LogP contribution is -2.18. The summed E-state index contributed by atoms with van der Waals surface area (Å²) in [5, 5.41) is 0. The second kappa shape index (κ2) is 9.42. The summed E-state index contributed by atoms with van der Waals surface area (Å²) in [6.07, 6.45) is 1.26. The van der Waals surface area contributed by atoms with Gasteiger partial charge in [0, 0.05) is 12.7 Å². The van der Waals surface area contributed by atoms with Gasteiger partial charge in [-0.25, -0.2) is 0 Å². The zero-order valence-corrected chi connectivity index (χ0v) is 17.5. The number of pyridine rings is 1. The van der Waals surface area contributed by atoms with Crippen LogP contribution < -0.4 is 9.54 Å². The van der Waals surface area contributed by atoms with Gasteiger partial charge in [0.05, 0.1) is 34.1 Å². The average molecular weight is 437 g/mol. The maximum atomic E-state index is 13.2. The first-order chi connectivity index (χ1) is 14.3. The highest BCUT2D eigenvalue weighted by Gasteiger charge is 2.32. The lowest BCUT2D eigenvalue weighted by molar-refractivity contribution is -0.137. The largest absolute Gasteiger partial charge is 0.493 e. The number of nitrogens with zero attached hydrogens (tertiary/aromatic N) is 3. The summed E-state index contributed by atoms with van der Waals surface area (Å²) < 4.78 is 47.9. The summed E-state index contributed by atoms with van der Waals surface area (Å²) in [6.45, 7) is 4.85. The van der Waals surface area contributed by atoms with Gasteiger partial charge in [0.1, 0.15) is 5.75 Å². The molecule has 0 fully saturated rings. The predicted octanol–water partition coefficient (Wildman–Crippen LogP) is 5.45. The number of hydrogen-bond acceptors (Lipinski definition) is 4. The van der Waals surface area contributed by atoms with E-state index in [0.29, 0.717) is 17.8 Å². The molecular formula is C21H22F3N3O2S. The molecule has 0 unspecified atom stereocenters. The molecule has 160 valence electrons. The first kappa shape index (κ1) is 22.0. The molecule has 0 spiro atoms. The molecule has 0 atom stereocenters. The van der Waals surface area contributed by atoms with Crippen molar-refractivity contribution in [2.24, 2.45) is 4.99 Å². The molecular weight excluding hydrogens is 415 g/mol. The van der Waals surface area contributed by atoms with Crippen molar-refractivity contribution in [1.29, 1.82) is 0 Å².